The lowest BCUT2D eigenvalue weighted by atomic mass is 9.93. The van der Waals surface area contributed by atoms with Crippen LogP contribution in [0.3, 0.4) is 0 Å². The van der Waals surface area contributed by atoms with E-state index in [1.54, 1.807) is 20.2 Å². The molecule has 3 aliphatic heterocycles. The van der Waals surface area contributed by atoms with E-state index in [1.807, 2.05) is 11.0 Å². The Bertz CT molecular complexity index is 654. The van der Waals surface area contributed by atoms with Gasteiger partial charge in [0, 0.05) is 65.9 Å². The minimum atomic E-state index is -0.0142. The molecule has 0 aliphatic carbocycles. The molecule has 8 nitrogen and oxygen atoms in total. The van der Waals surface area contributed by atoms with Gasteiger partial charge in [-0.2, -0.15) is 5.10 Å². The molecule has 1 atom stereocenters. The first-order chi connectivity index (χ1) is 13.1. The van der Waals surface area contributed by atoms with Crippen molar-refractivity contribution in [3.63, 3.8) is 0 Å². The van der Waals surface area contributed by atoms with Crippen LogP contribution in [0.15, 0.2) is 22.4 Å². The molecule has 1 amide bonds. The van der Waals surface area contributed by atoms with Crippen LogP contribution in [-0.2, 0) is 9.53 Å². The zero-order valence-corrected chi connectivity index (χ0v) is 16.9. The van der Waals surface area contributed by atoms with Crippen LogP contribution in [0.25, 0.3) is 0 Å². The number of fused-ring (bicyclic) bond motifs is 1. The number of aliphatic imine (C=N–C) groups is 1. The van der Waals surface area contributed by atoms with Crippen molar-refractivity contribution in [1.82, 2.24) is 20.1 Å². The number of piperazine rings is 1. The summed E-state index contributed by atoms with van der Waals surface area (Å²) in [6.07, 6.45) is 5.26. The molecular formula is C18H28N6O2S. The predicted molar refractivity (Wildman–Crippen MR) is 110 cm³/mol. The molecule has 1 N–H and O–H groups in total. The van der Waals surface area contributed by atoms with Crippen LogP contribution in [0, 0.1) is 0 Å². The Balaban J connectivity index is 1.56. The largest absolute Gasteiger partial charge is 0.383 e. The monoisotopic (exact) mass is 392 g/mol. The third-order valence-corrected chi connectivity index (χ3v) is 5.57. The Morgan fingerprint density at radius 2 is 2.15 bits per heavy atom. The lowest BCUT2D eigenvalue weighted by molar-refractivity contribution is -0.129. The van der Waals surface area contributed by atoms with Gasteiger partial charge in [-0.25, -0.2) is 0 Å². The van der Waals surface area contributed by atoms with E-state index in [4.69, 9.17) is 17.0 Å². The van der Waals surface area contributed by atoms with E-state index < -0.39 is 0 Å². The second-order valence-corrected chi connectivity index (χ2v) is 7.30. The molecule has 0 aromatic heterocycles. The highest BCUT2D eigenvalue weighted by molar-refractivity contribution is 7.80. The number of rotatable bonds is 4. The van der Waals surface area contributed by atoms with Gasteiger partial charge in [0.15, 0.2) is 5.11 Å². The van der Waals surface area contributed by atoms with Crippen LogP contribution in [-0.4, -0.2) is 96.2 Å². The van der Waals surface area contributed by atoms with Crippen LogP contribution in [0.5, 0.6) is 0 Å². The first-order valence-corrected chi connectivity index (χ1v) is 9.84. The normalized spacial score (nSPS) is 24.6. The van der Waals surface area contributed by atoms with Gasteiger partial charge in [0.1, 0.15) is 0 Å². The SMILES string of the molecule is COCCN1CCN(C(=S)N/N=C2/CCN(C(C)=O)C3CC=CN=C23)CC1. The van der Waals surface area contributed by atoms with E-state index in [1.165, 1.54) is 0 Å². The number of likely N-dealkylation sites (tertiary alicyclic amines) is 1. The van der Waals surface area contributed by atoms with Crippen molar-refractivity contribution in [2.24, 2.45) is 10.1 Å². The number of methoxy groups -OCH3 is 1. The highest BCUT2D eigenvalue weighted by Crippen LogP contribution is 2.20. The van der Waals surface area contributed by atoms with Crippen LogP contribution < -0.4 is 5.43 Å². The smallest absolute Gasteiger partial charge is 0.220 e. The predicted octanol–water partition coefficient (Wildman–Crippen LogP) is 0.460. The summed E-state index contributed by atoms with van der Waals surface area (Å²) in [5, 5.41) is 5.20. The first-order valence-electron chi connectivity index (χ1n) is 9.43. The standard InChI is InChI=1S/C18H28N6O2S/c1-14(25)24-7-5-15(17-16(24)4-3-6-19-17)20-21-18(27)23-10-8-22(9-11-23)12-13-26-2/h3,6,16H,4-5,7-13H2,1-2H3,(H,21,27)/b20-15-. The Hall–Kier alpha value is -1.84. The van der Waals surface area contributed by atoms with Crippen LogP contribution in [0.1, 0.15) is 19.8 Å². The topological polar surface area (TPSA) is 72.8 Å². The summed E-state index contributed by atoms with van der Waals surface area (Å²) < 4.78 is 5.14. The van der Waals surface area contributed by atoms with E-state index in [0.717, 1.165) is 57.2 Å². The van der Waals surface area contributed by atoms with Gasteiger partial charge in [-0.05, 0) is 18.6 Å². The molecule has 0 spiro atoms. The Labute approximate surface area is 165 Å². The fourth-order valence-corrected chi connectivity index (χ4v) is 3.87. The van der Waals surface area contributed by atoms with Gasteiger partial charge in [0.25, 0.3) is 0 Å². The van der Waals surface area contributed by atoms with E-state index in [2.05, 4.69) is 25.3 Å². The minimum absolute atomic E-state index is 0.0142. The molecule has 2 fully saturated rings. The maximum absolute atomic E-state index is 11.9. The van der Waals surface area contributed by atoms with Gasteiger partial charge >= 0.3 is 0 Å². The average Bonchev–Trinajstić information content (AvgIpc) is 2.70. The summed E-state index contributed by atoms with van der Waals surface area (Å²) in [5.74, 6) is 0.0804. The second-order valence-electron chi connectivity index (χ2n) is 6.91. The number of hydrogen-bond acceptors (Lipinski definition) is 6. The molecule has 3 heterocycles. The number of carbonyl (C=O) groups is 1. The number of thiocarbonyl (C=S) groups is 1. The molecule has 1 unspecified atom stereocenters. The number of ether oxygens (including phenoxy) is 1. The zero-order chi connectivity index (χ0) is 19.2. The number of hydrazone groups is 1. The van der Waals surface area contributed by atoms with E-state index >= 15 is 0 Å². The average molecular weight is 393 g/mol. The summed E-state index contributed by atoms with van der Waals surface area (Å²) >= 11 is 5.53. The third kappa shape index (κ3) is 4.91. The highest BCUT2D eigenvalue weighted by Gasteiger charge is 2.34. The molecule has 9 heteroatoms. The second kappa shape index (κ2) is 9.38. The molecule has 2 saturated heterocycles. The van der Waals surface area contributed by atoms with E-state index in [-0.39, 0.29) is 11.9 Å². The maximum Gasteiger partial charge on any atom is 0.220 e. The molecule has 0 aromatic rings. The molecule has 0 radical (unpaired) electrons. The van der Waals surface area contributed by atoms with Gasteiger partial charge in [0.2, 0.25) is 5.91 Å². The molecule has 3 rings (SSSR count). The number of nitrogens with zero attached hydrogens (tertiary/aromatic N) is 5. The molecule has 0 saturated carbocycles. The summed E-state index contributed by atoms with van der Waals surface area (Å²) in [7, 11) is 1.73. The van der Waals surface area contributed by atoms with Crippen molar-refractivity contribution in [3.8, 4) is 0 Å². The van der Waals surface area contributed by atoms with E-state index in [9.17, 15) is 4.79 Å². The van der Waals surface area contributed by atoms with Gasteiger partial charge in [-0.15, -0.1) is 0 Å². The number of hydrogen-bond donors (Lipinski definition) is 1. The van der Waals surface area contributed by atoms with Crippen molar-refractivity contribution in [2.45, 2.75) is 25.8 Å². The summed E-state index contributed by atoms with van der Waals surface area (Å²) in [5.41, 5.74) is 4.82. The summed E-state index contributed by atoms with van der Waals surface area (Å²) in [6, 6.07) is -0.0142. The zero-order valence-electron chi connectivity index (χ0n) is 16.1. The van der Waals surface area contributed by atoms with Gasteiger partial charge in [-0.3, -0.25) is 20.1 Å². The van der Waals surface area contributed by atoms with Crippen molar-refractivity contribution in [1.29, 1.82) is 0 Å². The summed E-state index contributed by atoms with van der Waals surface area (Å²) in [4.78, 5) is 22.8. The fourth-order valence-electron chi connectivity index (χ4n) is 3.64. The van der Waals surface area contributed by atoms with Gasteiger partial charge in [-0.1, -0.05) is 6.08 Å². The molecule has 3 aliphatic rings. The molecule has 27 heavy (non-hydrogen) atoms. The van der Waals surface area contributed by atoms with Gasteiger partial charge in [0.05, 0.1) is 24.1 Å². The Morgan fingerprint density at radius 3 is 2.85 bits per heavy atom. The lowest BCUT2D eigenvalue weighted by Crippen LogP contribution is -2.53. The van der Waals surface area contributed by atoms with E-state index in [0.29, 0.717) is 18.1 Å². The number of amides is 1. The minimum Gasteiger partial charge on any atom is -0.383 e. The number of carbonyl (C=O) groups excluding carboxylic acids is 1. The molecular weight excluding hydrogens is 364 g/mol. The molecule has 0 aromatic carbocycles. The third-order valence-electron chi connectivity index (χ3n) is 5.22. The van der Waals surface area contributed by atoms with Crippen molar-refractivity contribution >= 4 is 34.7 Å². The lowest BCUT2D eigenvalue weighted by Gasteiger charge is -2.37. The Kier molecular flexibility index (Phi) is 6.92. The number of nitrogens with one attached hydrogen (secondary N) is 1. The van der Waals surface area contributed by atoms with Crippen molar-refractivity contribution in [3.05, 3.63) is 12.3 Å². The Morgan fingerprint density at radius 1 is 1.37 bits per heavy atom. The van der Waals surface area contributed by atoms with Crippen LogP contribution in [0.4, 0.5) is 0 Å². The van der Waals surface area contributed by atoms with Gasteiger partial charge < -0.3 is 14.5 Å². The molecule has 0 bridgehead atoms. The molecule has 148 valence electrons. The van der Waals surface area contributed by atoms with Crippen molar-refractivity contribution in [2.75, 3.05) is 53.0 Å². The van der Waals surface area contributed by atoms with Crippen molar-refractivity contribution < 1.29 is 9.53 Å². The van der Waals surface area contributed by atoms with Crippen LogP contribution >= 0.6 is 12.2 Å². The quantitative estimate of drug-likeness (QED) is 0.554. The first kappa shape index (κ1) is 19.9. The maximum atomic E-state index is 11.9. The fraction of sp³-hybridized carbons (Fsp3) is 0.667. The van der Waals surface area contributed by atoms with Crippen LogP contribution in [0.2, 0.25) is 0 Å². The summed E-state index contributed by atoms with van der Waals surface area (Å²) in [6.45, 7) is 7.68. The highest BCUT2D eigenvalue weighted by atomic mass is 32.1. The number of piperidine rings is 1.